The van der Waals surface area contributed by atoms with Gasteiger partial charge in [0.2, 0.25) is 10.0 Å². The van der Waals surface area contributed by atoms with E-state index in [-0.39, 0.29) is 23.5 Å². The highest BCUT2D eigenvalue weighted by Gasteiger charge is 2.22. The van der Waals surface area contributed by atoms with Crippen molar-refractivity contribution >= 4 is 21.6 Å². The number of carbonyl (C=O) groups is 1. The molecule has 0 bridgehead atoms. The molecule has 2 aromatic rings. The monoisotopic (exact) mass is 370 g/mol. The fourth-order valence-electron chi connectivity index (χ4n) is 2.03. The van der Waals surface area contributed by atoms with Crippen LogP contribution in [0.1, 0.15) is 23.0 Å². The highest BCUT2D eigenvalue weighted by Crippen LogP contribution is 2.23. The molecule has 0 saturated carbocycles. The second kappa shape index (κ2) is 7.53. The zero-order valence-corrected chi connectivity index (χ0v) is 14.1. The van der Waals surface area contributed by atoms with Crippen molar-refractivity contribution in [2.24, 2.45) is 5.84 Å². The molecule has 25 heavy (non-hydrogen) atoms. The number of hydrogen-bond donors (Lipinski definition) is 2. The summed E-state index contributed by atoms with van der Waals surface area (Å²) in [5.41, 5.74) is 2.44. The summed E-state index contributed by atoms with van der Waals surface area (Å²) in [4.78, 5) is 15.4. The fourth-order valence-corrected chi connectivity index (χ4v) is 3.10. The number of pyridine rings is 1. The van der Waals surface area contributed by atoms with Crippen molar-refractivity contribution in [3.05, 3.63) is 59.4 Å². The molecule has 0 atom stereocenters. The first-order chi connectivity index (χ1) is 11.8. The van der Waals surface area contributed by atoms with Crippen molar-refractivity contribution in [3.63, 3.8) is 0 Å². The summed E-state index contributed by atoms with van der Waals surface area (Å²) in [5.74, 6) is 2.01. The number of anilines is 1. The van der Waals surface area contributed by atoms with Crippen LogP contribution in [0.4, 0.5) is 14.5 Å². The van der Waals surface area contributed by atoms with E-state index in [4.69, 9.17) is 5.84 Å². The molecule has 2 rings (SSSR count). The van der Waals surface area contributed by atoms with Gasteiger partial charge in [-0.05, 0) is 31.2 Å². The number of aromatic nitrogens is 1. The first-order valence-electron chi connectivity index (χ1n) is 7.20. The van der Waals surface area contributed by atoms with Crippen molar-refractivity contribution in [1.29, 1.82) is 0 Å². The molecule has 0 aliphatic carbocycles. The number of rotatable bonds is 6. The van der Waals surface area contributed by atoms with E-state index in [1.165, 1.54) is 31.3 Å². The van der Waals surface area contributed by atoms with E-state index in [2.05, 4.69) is 4.98 Å². The number of sulfonamides is 1. The van der Waals surface area contributed by atoms with Crippen LogP contribution in [0.15, 0.2) is 36.5 Å². The number of nitrogens with two attached hydrogens (primary N) is 1. The third-order valence-electron chi connectivity index (χ3n) is 3.42. The second-order valence-corrected chi connectivity index (χ2v) is 7.20. The standard InChI is InChI=1S/C15H16F2N4O3S/c1-2-25(23,24)21(12-5-6-13(16)14(17)7-12)9-11-4-3-10(8-19-11)15(22)20-18/h3-8H,2,9,18H2,1H3,(H,20,22). The van der Waals surface area contributed by atoms with Crippen LogP contribution in [-0.4, -0.2) is 25.1 Å². The molecular weight excluding hydrogens is 354 g/mol. The maximum Gasteiger partial charge on any atom is 0.266 e. The zero-order valence-electron chi connectivity index (χ0n) is 13.2. The van der Waals surface area contributed by atoms with E-state index >= 15 is 0 Å². The summed E-state index contributed by atoms with van der Waals surface area (Å²) in [6.07, 6.45) is 1.24. The lowest BCUT2D eigenvalue weighted by Crippen LogP contribution is -2.32. The number of nitrogens with one attached hydrogen (secondary N) is 1. The minimum Gasteiger partial charge on any atom is -0.290 e. The summed E-state index contributed by atoms with van der Waals surface area (Å²) in [6.45, 7) is 1.23. The number of nitrogens with zero attached hydrogens (tertiary/aromatic N) is 2. The van der Waals surface area contributed by atoms with Gasteiger partial charge in [-0.25, -0.2) is 23.0 Å². The zero-order chi connectivity index (χ0) is 18.6. The molecule has 1 amide bonds. The van der Waals surface area contributed by atoms with Gasteiger partial charge in [-0.3, -0.25) is 19.5 Å². The molecule has 0 aliphatic rings. The summed E-state index contributed by atoms with van der Waals surface area (Å²) in [6, 6.07) is 5.70. The first-order valence-corrected chi connectivity index (χ1v) is 8.80. The molecule has 3 N–H and O–H groups in total. The molecule has 0 unspecified atom stereocenters. The number of carbonyl (C=O) groups excluding carboxylic acids is 1. The largest absolute Gasteiger partial charge is 0.290 e. The van der Waals surface area contributed by atoms with Crippen LogP contribution in [0, 0.1) is 11.6 Å². The third kappa shape index (κ3) is 4.28. The molecule has 7 nitrogen and oxygen atoms in total. The van der Waals surface area contributed by atoms with Gasteiger partial charge in [0.25, 0.3) is 5.91 Å². The number of benzene rings is 1. The Bertz CT molecular complexity index is 873. The Hall–Kier alpha value is -2.59. The Kier molecular flexibility index (Phi) is 5.65. The molecule has 1 heterocycles. The predicted octanol–water partition coefficient (Wildman–Crippen LogP) is 1.32. The smallest absolute Gasteiger partial charge is 0.266 e. The highest BCUT2D eigenvalue weighted by molar-refractivity contribution is 7.92. The molecule has 10 heteroatoms. The van der Waals surface area contributed by atoms with Crippen LogP contribution in [0.2, 0.25) is 0 Å². The summed E-state index contributed by atoms with van der Waals surface area (Å²) in [7, 11) is -3.77. The van der Waals surface area contributed by atoms with E-state index in [1.807, 2.05) is 5.43 Å². The quantitative estimate of drug-likeness (QED) is 0.453. The van der Waals surface area contributed by atoms with Crippen LogP contribution >= 0.6 is 0 Å². The number of nitrogen functional groups attached to an aromatic ring is 1. The van der Waals surface area contributed by atoms with E-state index in [9.17, 15) is 22.0 Å². The number of hydrogen-bond acceptors (Lipinski definition) is 5. The Morgan fingerprint density at radius 2 is 1.96 bits per heavy atom. The molecule has 0 spiro atoms. The Morgan fingerprint density at radius 3 is 2.48 bits per heavy atom. The van der Waals surface area contributed by atoms with Crippen molar-refractivity contribution in [2.45, 2.75) is 13.5 Å². The molecule has 0 radical (unpaired) electrons. The lowest BCUT2D eigenvalue weighted by Gasteiger charge is -2.23. The van der Waals surface area contributed by atoms with Crippen LogP contribution < -0.4 is 15.6 Å². The second-order valence-electron chi connectivity index (χ2n) is 5.02. The fraction of sp³-hybridized carbons (Fsp3) is 0.200. The van der Waals surface area contributed by atoms with Gasteiger partial charge in [0.1, 0.15) is 0 Å². The van der Waals surface area contributed by atoms with Gasteiger partial charge in [-0.1, -0.05) is 0 Å². The van der Waals surface area contributed by atoms with Gasteiger partial charge in [0.15, 0.2) is 11.6 Å². The van der Waals surface area contributed by atoms with Crippen LogP contribution in [0.3, 0.4) is 0 Å². The van der Waals surface area contributed by atoms with Gasteiger partial charge >= 0.3 is 0 Å². The van der Waals surface area contributed by atoms with E-state index < -0.39 is 27.6 Å². The Balaban J connectivity index is 2.37. The van der Waals surface area contributed by atoms with Crippen LogP contribution in [0.25, 0.3) is 0 Å². The maximum absolute atomic E-state index is 13.5. The van der Waals surface area contributed by atoms with Crippen molar-refractivity contribution in [1.82, 2.24) is 10.4 Å². The molecule has 0 saturated heterocycles. The number of halogens is 2. The highest BCUT2D eigenvalue weighted by atomic mass is 32.2. The topological polar surface area (TPSA) is 105 Å². The molecular formula is C15H16F2N4O3S. The van der Waals surface area contributed by atoms with Gasteiger partial charge < -0.3 is 0 Å². The molecule has 0 aliphatic heterocycles. The lowest BCUT2D eigenvalue weighted by atomic mass is 10.2. The van der Waals surface area contributed by atoms with Crippen LogP contribution in [-0.2, 0) is 16.6 Å². The summed E-state index contributed by atoms with van der Waals surface area (Å²) < 4.78 is 52.2. The minimum absolute atomic E-state index is 0.0219. The molecule has 134 valence electrons. The maximum atomic E-state index is 13.5. The molecule has 1 aromatic heterocycles. The third-order valence-corrected chi connectivity index (χ3v) is 5.16. The van der Waals surface area contributed by atoms with Gasteiger partial charge in [0.05, 0.1) is 29.2 Å². The molecule has 0 fully saturated rings. The van der Waals surface area contributed by atoms with Crippen LogP contribution in [0.5, 0.6) is 0 Å². The van der Waals surface area contributed by atoms with E-state index in [0.717, 1.165) is 16.4 Å². The Morgan fingerprint density at radius 1 is 1.24 bits per heavy atom. The van der Waals surface area contributed by atoms with Crippen molar-refractivity contribution < 1.29 is 22.0 Å². The number of hydrazine groups is 1. The Labute approximate surface area is 143 Å². The first kappa shape index (κ1) is 18.7. The summed E-state index contributed by atoms with van der Waals surface area (Å²) in [5, 5.41) is 0. The summed E-state index contributed by atoms with van der Waals surface area (Å²) >= 11 is 0. The predicted molar refractivity (Wildman–Crippen MR) is 87.9 cm³/mol. The minimum atomic E-state index is -3.77. The number of amides is 1. The van der Waals surface area contributed by atoms with Crippen molar-refractivity contribution in [2.75, 3.05) is 10.1 Å². The van der Waals surface area contributed by atoms with E-state index in [1.54, 1.807) is 0 Å². The van der Waals surface area contributed by atoms with Gasteiger partial charge in [-0.15, -0.1) is 0 Å². The van der Waals surface area contributed by atoms with Crippen molar-refractivity contribution in [3.8, 4) is 0 Å². The lowest BCUT2D eigenvalue weighted by molar-refractivity contribution is 0.0953. The van der Waals surface area contributed by atoms with Gasteiger partial charge in [0, 0.05) is 12.3 Å². The average Bonchev–Trinajstić information content (AvgIpc) is 2.61. The van der Waals surface area contributed by atoms with E-state index in [0.29, 0.717) is 5.69 Å². The van der Waals surface area contributed by atoms with Gasteiger partial charge in [-0.2, -0.15) is 0 Å². The SMILES string of the molecule is CCS(=O)(=O)N(Cc1ccc(C(=O)NN)cn1)c1ccc(F)c(F)c1. The average molecular weight is 370 g/mol. The normalized spacial score (nSPS) is 11.2. The molecule has 1 aromatic carbocycles.